The fraction of sp³-hybridized carbons (Fsp3) is 0.500. The molecule has 26 heavy (non-hydrogen) atoms. The van der Waals surface area contributed by atoms with Crippen molar-refractivity contribution < 1.29 is 9.47 Å². The number of benzene rings is 1. The van der Waals surface area contributed by atoms with E-state index in [1.165, 1.54) is 5.56 Å². The number of fused-ring (bicyclic) bond motifs is 2. The van der Waals surface area contributed by atoms with Crippen LogP contribution < -0.4 is 20.1 Å². The van der Waals surface area contributed by atoms with Gasteiger partial charge < -0.3 is 20.1 Å². The number of nitrogens with one attached hydrogen (secondary N) is 2. The second kappa shape index (κ2) is 7.50. The average molecular weight is 354 g/mol. The first-order chi connectivity index (χ1) is 12.7. The van der Waals surface area contributed by atoms with E-state index in [-0.39, 0.29) is 6.04 Å². The van der Waals surface area contributed by atoms with Gasteiger partial charge in [0.25, 0.3) is 0 Å². The van der Waals surface area contributed by atoms with Gasteiger partial charge in [0.1, 0.15) is 11.6 Å². The average Bonchev–Trinajstić information content (AvgIpc) is 3.01. The highest BCUT2D eigenvalue weighted by Crippen LogP contribution is 2.33. The minimum Gasteiger partial charge on any atom is -0.490 e. The molecule has 0 aliphatic carbocycles. The van der Waals surface area contributed by atoms with Gasteiger partial charge in [0.05, 0.1) is 24.9 Å². The molecule has 6 heteroatoms. The van der Waals surface area contributed by atoms with Crippen LogP contribution in [-0.2, 0) is 12.8 Å². The standard InChI is InChI=1S/C20H26N4O2/c1-13(15-4-5-18-19(12-15)26-11-3-10-25-18)22-20-16-6-8-21-9-7-17(16)23-14(2)24-20/h4-5,12-13,21H,3,6-11H2,1-2H3,(H,22,23,24)/t13-/m0/s1. The van der Waals surface area contributed by atoms with Crippen LogP contribution in [0.5, 0.6) is 11.5 Å². The molecule has 3 heterocycles. The lowest BCUT2D eigenvalue weighted by Gasteiger charge is -2.20. The predicted octanol–water partition coefficient (Wildman–Crippen LogP) is 2.81. The molecule has 2 N–H and O–H groups in total. The second-order valence-electron chi connectivity index (χ2n) is 6.92. The van der Waals surface area contributed by atoms with Gasteiger partial charge in [0, 0.05) is 24.9 Å². The monoisotopic (exact) mass is 354 g/mol. The molecule has 2 aromatic rings. The summed E-state index contributed by atoms with van der Waals surface area (Å²) in [5.41, 5.74) is 3.56. The van der Waals surface area contributed by atoms with Crippen LogP contribution in [0.3, 0.4) is 0 Å². The van der Waals surface area contributed by atoms with E-state index in [4.69, 9.17) is 14.5 Å². The van der Waals surface area contributed by atoms with Gasteiger partial charge in [-0.2, -0.15) is 0 Å². The SMILES string of the molecule is Cc1nc2c(c(N[C@@H](C)c3ccc4c(c3)OCCCO4)n1)CCNCC2. The number of aromatic nitrogens is 2. The molecule has 0 bridgehead atoms. The fourth-order valence-electron chi connectivity index (χ4n) is 3.53. The summed E-state index contributed by atoms with van der Waals surface area (Å²) in [6, 6.07) is 6.29. The Morgan fingerprint density at radius 2 is 1.88 bits per heavy atom. The van der Waals surface area contributed by atoms with Crippen molar-refractivity contribution in [1.82, 2.24) is 15.3 Å². The highest BCUT2D eigenvalue weighted by atomic mass is 16.5. The first-order valence-corrected chi connectivity index (χ1v) is 9.44. The van der Waals surface area contributed by atoms with Gasteiger partial charge in [0.2, 0.25) is 0 Å². The van der Waals surface area contributed by atoms with E-state index in [0.29, 0.717) is 13.2 Å². The lowest BCUT2D eigenvalue weighted by atomic mass is 10.1. The fourth-order valence-corrected chi connectivity index (χ4v) is 3.53. The van der Waals surface area contributed by atoms with Gasteiger partial charge in [-0.25, -0.2) is 9.97 Å². The van der Waals surface area contributed by atoms with Crippen LogP contribution in [0.15, 0.2) is 18.2 Å². The van der Waals surface area contributed by atoms with Crippen molar-refractivity contribution in [3.63, 3.8) is 0 Å². The molecule has 2 aliphatic heterocycles. The summed E-state index contributed by atoms with van der Waals surface area (Å²) in [6.45, 7) is 7.46. The Morgan fingerprint density at radius 1 is 1.08 bits per heavy atom. The number of aryl methyl sites for hydroxylation is 1. The number of rotatable bonds is 3. The molecule has 0 saturated heterocycles. The third kappa shape index (κ3) is 3.60. The Labute approximate surface area is 154 Å². The molecule has 0 spiro atoms. The molecule has 6 nitrogen and oxygen atoms in total. The van der Waals surface area contributed by atoms with Crippen molar-refractivity contribution in [2.75, 3.05) is 31.6 Å². The zero-order valence-corrected chi connectivity index (χ0v) is 15.5. The number of hydrogen-bond donors (Lipinski definition) is 2. The molecule has 0 amide bonds. The highest BCUT2D eigenvalue weighted by molar-refractivity contribution is 5.51. The second-order valence-corrected chi connectivity index (χ2v) is 6.92. The Hall–Kier alpha value is -2.34. The van der Waals surface area contributed by atoms with Crippen LogP contribution in [0.2, 0.25) is 0 Å². The molecule has 1 atom stereocenters. The number of hydrogen-bond acceptors (Lipinski definition) is 6. The first-order valence-electron chi connectivity index (χ1n) is 9.44. The minimum atomic E-state index is 0.113. The molecular formula is C20H26N4O2. The summed E-state index contributed by atoms with van der Waals surface area (Å²) < 4.78 is 11.6. The third-order valence-corrected chi connectivity index (χ3v) is 4.92. The molecule has 0 saturated carbocycles. The molecule has 4 rings (SSSR count). The van der Waals surface area contributed by atoms with Crippen LogP contribution in [-0.4, -0.2) is 36.3 Å². The largest absolute Gasteiger partial charge is 0.490 e. The lowest BCUT2D eigenvalue weighted by molar-refractivity contribution is 0.297. The Bertz CT molecular complexity index is 794. The molecule has 2 aliphatic rings. The zero-order chi connectivity index (χ0) is 17.9. The van der Waals surface area contributed by atoms with Crippen LogP contribution in [0.25, 0.3) is 0 Å². The maximum Gasteiger partial charge on any atom is 0.161 e. The minimum absolute atomic E-state index is 0.113. The Morgan fingerprint density at radius 3 is 2.77 bits per heavy atom. The molecule has 1 aromatic heterocycles. The van der Waals surface area contributed by atoms with Gasteiger partial charge >= 0.3 is 0 Å². The Balaban J connectivity index is 1.59. The summed E-state index contributed by atoms with van der Waals surface area (Å²) in [6.07, 6.45) is 2.82. The van der Waals surface area contributed by atoms with E-state index < -0.39 is 0 Å². The third-order valence-electron chi connectivity index (χ3n) is 4.92. The predicted molar refractivity (Wildman–Crippen MR) is 101 cm³/mol. The van der Waals surface area contributed by atoms with Crippen LogP contribution >= 0.6 is 0 Å². The highest BCUT2D eigenvalue weighted by Gasteiger charge is 2.19. The maximum atomic E-state index is 5.83. The van der Waals surface area contributed by atoms with Gasteiger partial charge in [-0.15, -0.1) is 0 Å². The van der Waals surface area contributed by atoms with Crippen LogP contribution in [0, 0.1) is 6.92 Å². The summed E-state index contributed by atoms with van der Waals surface area (Å²) in [4.78, 5) is 9.34. The summed E-state index contributed by atoms with van der Waals surface area (Å²) in [7, 11) is 0. The maximum absolute atomic E-state index is 5.83. The quantitative estimate of drug-likeness (QED) is 0.883. The van der Waals surface area contributed by atoms with E-state index in [1.54, 1.807) is 0 Å². The van der Waals surface area contributed by atoms with E-state index in [2.05, 4.69) is 34.7 Å². The lowest BCUT2D eigenvalue weighted by Crippen LogP contribution is -2.16. The van der Waals surface area contributed by atoms with Crippen molar-refractivity contribution in [2.24, 2.45) is 0 Å². The van der Waals surface area contributed by atoms with Crippen molar-refractivity contribution in [1.29, 1.82) is 0 Å². The molecular weight excluding hydrogens is 328 g/mol. The van der Waals surface area contributed by atoms with E-state index >= 15 is 0 Å². The molecule has 1 aromatic carbocycles. The van der Waals surface area contributed by atoms with Gasteiger partial charge in [-0.1, -0.05) is 6.07 Å². The van der Waals surface area contributed by atoms with Gasteiger partial charge in [0.15, 0.2) is 11.5 Å². The summed E-state index contributed by atoms with van der Waals surface area (Å²) in [5, 5.41) is 7.04. The van der Waals surface area contributed by atoms with E-state index in [9.17, 15) is 0 Å². The van der Waals surface area contributed by atoms with Crippen molar-refractivity contribution in [3.8, 4) is 11.5 Å². The van der Waals surface area contributed by atoms with E-state index in [1.807, 2.05) is 13.0 Å². The zero-order valence-electron chi connectivity index (χ0n) is 15.5. The molecule has 0 radical (unpaired) electrons. The van der Waals surface area contributed by atoms with Crippen molar-refractivity contribution in [2.45, 2.75) is 39.2 Å². The summed E-state index contributed by atoms with van der Waals surface area (Å²) >= 11 is 0. The van der Waals surface area contributed by atoms with Gasteiger partial charge in [-0.3, -0.25) is 0 Å². The van der Waals surface area contributed by atoms with Crippen molar-refractivity contribution in [3.05, 3.63) is 40.8 Å². The van der Waals surface area contributed by atoms with Crippen LogP contribution in [0.1, 0.15) is 42.0 Å². The van der Waals surface area contributed by atoms with Crippen LogP contribution in [0.4, 0.5) is 5.82 Å². The topological polar surface area (TPSA) is 68.3 Å². The first kappa shape index (κ1) is 17.1. The molecule has 0 fully saturated rings. The summed E-state index contributed by atoms with van der Waals surface area (Å²) in [5.74, 6) is 3.43. The Kier molecular flexibility index (Phi) is 4.93. The normalized spacial score (nSPS) is 17.6. The van der Waals surface area contributed by atoms with Gasteiger partial charge in [-0.05, 0) is 44.5 Å². The molecule has 0 unspecified atom stereocenters. The molecule has 138 valence electrons. The smallest absolute Gasteiger partial charge is 0.161 e. The van der Waals surface area contributed by atoms with E-state index in [0.717, 1.165) is 66.8 Å². The van der Waals surface area contributed by atoms with Crippen molar-refractivity contribution >= 4 is 5.82 Å². The number of anilines is 1. The number of nitrogens with zero attached hydrogens (tertiary/aromatic N) is 2. The number of ether oxygens (including phenoxy) is 2.